The van der Waals surface area contributed by atoms with Gasteiger partial charge in [-0.1, -0.05) is 39.0 Å². The molecule has 0 spiro atoms. The van der Waals surface area contributed by atoms with Crippen molar-refractivity contribution in [3.05, 3.63) is 30.3 Å². The van der Waals surface area contributed by atoms with E-state index in [2.05, 4.69) is 26.1 Å². The molecule has 0 aromatic heterocycles. The Bertz CT molecular complexity index is 629. The van der Waals surface area contributed by atoms with Crippen molar-refractivity contribution in [1.82, 2.24) is 10.2 Å². The normalized spacial score (nSPS) is 26.0. The van der Waals surface area contributed by atoms with Crippen molar-refractivity contribution in [3.8, 4) is 0 Å². The van der Waals surface area contributed by atoms with Gasteiger partial charge in [0, 0.05) is 24.8 Å². The Morgan fingerprint density at radius 2 is 1.92 bits per heavy atom. The topological polar surface area (TPSA) is 52.7 Å². The van der Waals surface area contributed by atoms with E-state index in [-0.39, 0.29) is 29.9 Å². The average molecular weight is 343 g/mol. The monoisotopic (exact) mass is 343 g/mol. The number of rotatable bonds is 4. The quantitative estimate of drug-likeness (QED) is 0.912. The fraction of sp³-hybridized carbons (Fsp3) is 0.600. The molecule has 1 saturated heterocycles. The Kier molecular flexibility index (Phi) is 5.02. The van der Waals surface area contributed by atoms with Crippen LogP contribution < -0.4 is 10.2 Å². The molecule has 2 unspecified atom stereocenters. The number of urea groups is 1. The molecule has 2 fully saturated rings. The van der Waals surface area contributed by atoms with Gasteiger partial charge in [0.15, 0.2) is 0 Å². The summed E-state index contributed by atoms with van der Waals surface area (Å²) in [6, 6.07) is 9.75. The van der Waals surface area contributed by atoms with Gasteiger partial charge in [-0.3, -0.25) is 9.69 Å². The van der Waals surface area contributed by atoms with Crippen LogP contribution in [-0.2, 0) is 4.79 Å². The zero-order valence-corrected chi connectivity index (χ0v) is 15.5. The molecule has 1 heterocycles. The molecular formula is C20H29N3O2. The van der Waals surface area contributed by atoms with Crippen LogP contribution in [0.3, 0.4) is 0 Å². The molecule has 3 amide bonds. The Morgan fingerprint density at radius 1 is 1.20 bits per heavy atom. The van der Waals surface area contributed by atoms with Gasteiger partial charge in [0.05, 0.1) is 0 Å². The molecule has 5 nitrogen and oxygen atoms in total. The van der Waals surface area contributed by atoms with Gasteiger partial charge in [0.1, 0.15) is 6.54 Å². The van der Waals surface area contributed by atoms with Gasteiger partial charge in [-0.05, 0) is 42.7 Å². The van der Waals surface area contributed by atoms with Crippen LogP contribution in [0.25, 0.3) is 0 Å². The number of carbonyl (C=O) groups excluding carboxylic acids is 2. The van der Waals surface area contributed by atoms with E-state index in [9.17, 15) is 9.59 Å². The summed E-state index contributed by atoms with van der Waals surface area (Å²) in [5.74, 6) is 0.578. The lowest BCUT2D eigenvalue weighted by Gasteiger charge is -2.39. The second-order valence-corrected chi connectivity index (χ2v) is 8.37. The Hall–Kier alpha value is -2.04. The van der Waals surface area contributed by atoms with E-state index in [1.807, 2.05) is 30.3 Å². The molecule has 2 aliphatic rings. The fourth-order valence-corrected chi connectivity index (χ4v) is 4.48. The Morgan fingerprint density at radius 3 is 2.60 bits per heavy atom. The van der Waals surface area contributed by atoms with Crippen LogP contribution in [0.15, 0.2) is 30.3 Å². The van der Waals surface area contributed by atoms with E-state index >= 15 is 0 Å². The number of para-hydroxylation sites is 1. The number of carbonyl (C=O) groups is 2. The van der Waals surface area contributed by atoms with Gasteiger partial charge in [0.2, 0.25) is 5.91 Å². The van der Waals surface area contributed by atoms with E-state index in [1.165, 1.54) is 6.42 Å². The molecule has 1 aromatic carbocycles. The zero-order chi connectivity index (χ0) is 18.0. The summed E-state index contributed by atoms with van der Waals surface area (Å²) in [5.41, 5.74) is 1.15. The lowest BCUT2D eigenvalue weighted by molar-refractivity contribution is -0.122. The second kappa shape index (κ2) is 7.06. The Balaban J connectivity index is 1.54. The van der Waals surface area contributed by atoms with Crippen molar-refractivity contribution in [3.63, 3.8) is 0 Å². The summed E-state index contributed by atoms with van der Waals surface area (Å²) in [6.07, 6.45) is 3.24. The molecule has 3 rings (SSSR count). The summed E-state index contributed by atoms with van der Waals surface area (Å²) in [4.78, 5) is 28.4. The number of amides is 3. The number of hydrogen-bond donors (Lipinski definition) is 1. The van der Waals surface area contributed by atoms with Gasteiger partial charge in [-0.25, -0.2) is 4.79 Å². The van der Waals surface area contributed by atoms with Gasteiger partial charge >= 0.3 is 6.03 Å². The molecule has 25 heavy (non-hydrogen) atoms. The summed E-state index contributed by atoms with van der Waals surface area (Å²) < 4.78 is 0. The number of nitrogens with zero attached hydrogens (tertiary/aromatic N) is 2. The smallest absolute Gasteiger partial charge is 0.325 e. The number of hydrogen-bond acceptors (Lipinski definition) is 2. The molecule has 0 bridgehead atoms. The van der Waals surface area contributed by atoms with Crippen LogP contribution in [0, 0.1) is 11.3 Å². The van der Waals surface area contributed by atoms with E-state index in [0.717, 1.165) is 18.5 Å². The molecule has 2 atom stereocenters. The third-order valence-corrected chi connectivity index (χ3v) is 5.25. The fourth-order valence-electron chi connectivity index (χ4n) is 4.48. The highest BCUT2D eigenvalue weighted by Gasteiger charge is 2.34. The van der Waals surface area contributed by atoms with Crippen molar-refractivity contribution in [2.75, 3.05) is 24.5 Å². The molecular weight excluding hydrogens is 314 g/mol. The van der Waals surface area contributed by atoms with E-state index in [4.69, 9.17) is 0 Å². The maximum Gasteiger partial charge on any atom is 0.325 e. The summed E-state index contributed by atoms with van der Waals surface area (Å²) in [5, 5.41) is 3.16. The van der Waals surface area contributed by atoms with Crippen LogP contribution in [0.1, 0.15) is 40.0 Å². The SMILES string of the molecule is CC1CC(NC(=O)CN2CCN(c3ccccc3)C2=O)CC(C)(C)C1. The predicted molar refractivity (Wildman–Crippen MR) is 99.5 cm³/mol. The van der Waals surface area contributed by atoms with E-state index in [0.29, 0.717) is 19.0 Å². The first-order chi connectivity index (χ1) is 11.8. The standard InChI is InChI=1S/C20H29N3O2/c1-15-11-16(13-20(2,3)12-15)21-18(24)14-22-9-10-23(19(22)25)17-7-5-4-6-8-17/h4-8,15-16H,9-14H2,1-3H3,(H,21,24). The zero-order valence-electron chi connectivity index (χ0n) is 15.5. The molecule has 1 aliphatic carbocycles. The van der Waals surface area contributed by atoms with Crippen molar-refractivity contribution >= 4 is 17.6 Å². The third-order valence-electron chi connectivity index (χ3n) is 5.25. The summed E-state index contributed by atoms with van der Waals surface area (Å²) in [7, 11) is 0. The first kappa shape index (κ1) is 17.8. The molecule has 1 aliphatic heterocycles. The maximum atomic E-state index is 12.6. The van der Waals surface area contributed by atoms with Crippen molar-refractivity contribution in [2.24, 2.45) is 11.3 Å². The van der Waals surface area contributed by atoms with Gasteiger partial charge in [-0.15, -0.1) is 0 Å². The highest BCUT2D eigenvalue weighted by atomic mass is 16.2. The van der Waals surface area contributed by atoms with Crippen LogP contribution >= 0.6 is 0 Å². The van der Waals surface area contributed by atoms with Crippen LogP contribution in [0.5, 0.6) is 0 Å². The minimum absolute atomic E-state index is 0.0434. The van der Waals surface area contributed by atoms with Crippen molar-refractivity contribution in [1.29, 1.82) is 0 Å². The van der Waals surface area contributed by atoms with Gasteiger partial charge in [-0.2, -0.15) is 0 Å². The Labute approximate surface area is 150 Å². The predicted octanol–water partition coefficient (Wildman–Crippen LogP) is 3.26. The molecule has 1 aromatic rings. The third kappa shape index (κ3) is 4.33. The van der Waals surface area contributed by atoms with E-state index < -0.39 is 0 Å². The second-order valence-electron chi connectivity index (χ2n) is 8.37. The minimum Gasteiger partial charge on any atom is -0.352 e. The highest BCUT2D eigenvalue weighted by Crippen LogP contribution is 2.38. The lowest BCUT2D eigenvalue weighted by atomic mass is 9.70. The first-order valence-electron chi connectivity index (χ1n) is 9.25. The molecule has 1 saturated carbocycles. The molecule has 1 N–H and O–H groups in total. The lowest BCUT2D eigenvalue weighted by Crippen LogP contribution is -2.47. The number of nitrogens with one attached hydrogen (secondary N) is 1. The maximum absolute atomic E-state index is 12.6. The highest BCUT2D eigenvalue weighted by molar-refractivity contribution is 5.96. The van der Waals surface area contributed by atoms with Crippen LogP contribution in [-0.4, -0.2) is 42.5 Å². The number of anilines is 1. The molecule has 0 radical (unpaired) electrons. The van der Waals surface area contributed by atoms with Crippen LogP contribution in [0.2, 0.25) is 0 Å². The largest absolute Gasteiger partial charge is 0.352 e. The van der Waals surface area contributed by atoms with Crippen molar-refractivity contribution < 1.29 is 9.59 Å². The van der Waals surface area contributed by atoms with Crippen molar-refractivity contribution in [2.45, 2.75) is 46.1 Å². The average Bonchev–Trinajstić information content (AvgIpc) is 2.87. The molecule has 5 heteroatoms. The summed E-state index contributed by atoms with van der Waals surface area (Å²) in [6.45, 7) is 8.15. The minimum atomic E-state index is -0.0845. The number of benzene rings is 1. The first-order valence-corrected chi connectivity index (χ1v) is 9.25. The van der Waals surface area contributed by atoms with Crippen LogP contribution in [0.4, 0.5) is 10.5 Å². The van der Waals surface area contributed by atoms with Gasteiger partial charge in [0.25, 0.3) is 0 Å². The van der Waals surface area contributed by atoms with E-state index in [1.54, 1.807) is 9.80 Å². The van der Waals surface area contributed by atoms with Gasteiger partial charge < -0.3 is 10.2 Å². The summed E-state index contributed by atoms with van der Waals surface area (Å²) >= 11 is 0. The molecule has 136 valence electrons.